The molecule has 1 aromatic heterocycles. The van der Waals surface area contributed by atoms with Crippen LogP contribution in [0.4, 0.5) is 4.79 Å². The number of nitrogens with one attached hydrogen (secondary N) is 1. The first-order chi connectivity index (χ1) is 12.2. The number of alkyl carbamates (subject to hydrolysis) is 1. The fourth-order valence-electron chi connectivity index (χ4n) is 2.44. The molecule has 2 rings (SSSR count). The van der Waals surface area contributed by atoms with Crippen molar-refractivity contribution in [2.75, 3.05) is 0 Å². The molecule has 0 aliphatic carbocycles. The molecule has 1 heterocycles. The van der Waals surface area contributed by atoms with Gasteiger partial charge in [0.2, 0.25) is 11.8 Å². The van der Waals surface area contributed by atoms with Crippen molar-refractivity contribution >= 4 is 6.09 Å². The molecule has 0 saturated carbocycles. The van der Waals surface area contributed by atoms with Crippen LogP contribution in [0.1, 0.15) is 58.1 Å². The fourth-order valence-corrected chi connectivity index (χ4v) is 2.44. The zero-order chi connectivity index (χ0) is 19.3. The van der Waals surface area contributed by atoms with Gasteiger partial charge >= 0.3 is 6.09 Å². The van der Waals surface area contributed by atoms with Crippen molar-refractivity contribution in [1.29, 1.82) is 0 Å². The molecule has 0 radical (unpaired) electrons. The smallest absolute Gasteiger partial charge is 0.407 e. The molecule has 2 N–H and O–H groups in total. The lowest BCUT2D eigenvalue weighted by molar-refractivity contribution is 0.0326. The van der Waals surface area contributed by atoms with Crippen LogP contribution >= 0.6 is 0 Å². The van der Waals surface area contributed by atoms with Crippen LogP contribution in [0.3, 0.4) is 0 Å². The summed E-state index contributed by atoms with van der Waals surface area (Å²) in [4.78, 5) is 12.0. The van der Waals surface area contributed by atoms with E-state index in [2.05, 4.69) is 15.5 Å². The van der Waals surface area contributed by atoms with Crippen LogP contribution in [0.25, 0.3) is 0 Å². The van der Waals surface area contributed by atoms with E-state index in [1.54, 1.807) is 20.8 Å². The maximum Gasteiger partial charge on any atom is 0.407 e. The molecular formula is C19H27N3O4. The summed E-state index contributed by atoms with van der Waals surface area (Å²) in [5, 5.41) is 21.2. The van der Waals surface area contributed by atoms with Gasteiger partial charge in [-0.2, -0.15) is 0 Å². The highest BCUT2D eigenvalue weighted by Gasteiger charge is 2.31. The highest BCUT2D eigenvalue weighted by molar-refractivity contribution is 5.68. The van der Waals surface area contributed by atoms with Crippen molar-refractivity contribution in [2.24, 2.45) is 5.92 Å². The van der Waals surface area contributed by atoms with Gasteiger partial charge in [-0.25, -0.2) is 4.79 Å². The molecule has 1 aromatic carbocycles. The fraction of sp³-hybridized carbons (Fsp3) is 0.526. The van der Waals surface area contributed by atoms with Gasteiger partial charge in [-0.3, -0.25) is 0 Å². The molecule has 142 valence electrons. The van der Waals surface area contributed by atoms with E-state index in [0.717, 1.165) is 5.56 Å². The number of nitrogens with zero attached hydrogens (tertiary/aromatic N) is 2. The molecule has 2 atom stereocenters. The standard InChI is InChI=1S/C19H27N3O4/c1-12(2)15(20-18(24)26-19(3,4)5)16(23)17-22-21-14(25-17)11-13-9-7-6-8-10-13/h6-10,12,15-16,23H,11H2,1-5H3,(H,20,24)/t15-,16?/m0/s1. The third kappa shape index (κ3) is 5.84. The van der Waals surface area contributed by atoms with Gasteiger partial charge in [-0.05, 0) is 32.3 Å². The largest absolute Gasteiger partial charge is 0.444 e. The summed E-state index contributed by atoms with van der Waals surface area (Å²) >= 11 is 0. The molecule has 0 aliphatic heterocycles. The molecule has 2 aromatic rings. The third-order valence-electron chi connectivity index (χ3n) is 3.68. The van der Waals surface area contributed by atoms with Gasteiger partial charge < -0.3 is 19.6 Å². The summed E-state index contributed by atoms with van der Waals surface area (Å²) in [5.41, 5.74) is 0.411. The monoisotopic (exact) mass is 361 g/mol. The first-order valence-electron chi connectivity index (χ1n) is 8.69. The average Bonchev–Trinajstić information content (AvgIpc) is 2.99. The summed E-state index contributed by atoms with van der Waals surface area (Å²) in [6, 6.07) is 9.10. The molecule has 0 saturated heterocycles. The van der Waals surface area contributed by atoms with Crippen LogP contribution in [0.2, 0.25) is 0 Å². The number of aliphatic hydroxyl groups is 1. The maximum absolute atomic E-state index is 12.0. The topological polar surface area (TPSA) is 97.5 Å². The van der Waals surface area contributed by atoms with Crippen molar-refractivity contribution in [3.05, 3.63) is 47.7 Å². The Balaban J connectivity index is 2.06. The minimum atomic E-state index is -1.13. The van der Waals surface area contributed by atoms with Crippen LogP contribution in [0.5, 0.6) is 0 Å². The maximum atomic E-state index is 12.0. The first-order valence-corrected chi connectivity index (χ1v) is 8.69. The van der Waals surface area contributed by atoms with Gasteiger partial charge in [0.1, 0.15) is 5.60 Å². The second-order valence-electron chi connectivity index (χ2n) is 7.56. The third-order valence-corrected chi connectivity index (χ3v) is 3.68. The van der Waals surface area contributed by atoms with E-state index < -0.39 is 23.8 Å². The molecule has 0 aliphatic rings. The van der Waals surface area contributed by atoms with Gasteiger partial charge in [0.25, 0.3) is 0 Å². The average molecular weight is 361 g/mol. The first kappa shape index (κ1) is 19.9. The summed E-state index contributed by atoms with van der Waals surface area (Å²) in [5.74, 6) is 0.415. The van der Waals surface area contributed by atoms with Crippen molar-refractivity contribution < 1.29 is 19.1 Å². The Hall–Kier alpha value is -2.41. The van der Waals surface area contributed by atoms with Crippen molar-refractivity contribution in [1.82, 2.24) is 15.5 Å². The van der Waals surface area contributed by atoms with E-state index in [4.69, 9.17) is 9.15 Å². The lowest BCUT2D eigenvalue weighted by Gasteiger charge is -2.27. The number of carbonyl (C=O) groups excluding carboxylic acids is 1. The second-order valence-corrected chi connectivity index (χ2v) is 7.56. The van der Waals surface area contributed by atoms with Crippen LogP contribution < -0.4 is 5.32 Å². The molecule has 1 unspecified atom stereocenters. The number of ether oxygens (including phenoxy) is 1. The van der Waals surface area contributed by atoms with E-state index in [1.165, 1.54) is 0 Å². The highest BCUT2D eigenvalue weighted by Crippen LogP contribution is 2.22. The van der Waals surface area contributed by atoms with E-state index in [-0.39, 0.29) is 11.8 Å². The zero-order valence-corrected chi connectivity index (χ0v) is 15.9. The van der Waals surface area contributed by atoms with Gasteiger partial charge in [0.15, 0.2) is 6.10 Å². The number of hydrogen-bond acceptors (Lipinski definition) is 6. The number of carbonyl (C=O) groups is 1. The SMILES string of the molecule is CC(C)[C@H](NC(=O)OC(C)(C)C)C(O)c1nnc(Cc2ccccc2)o1. The molecule has 0 spiro atoms. The van der Waals surface area contributed by atoms with Gasteiger partial charge in [-0.1, -0.05) is 44.2 Å². The Labute approximate surface area is 153 Å². The number of aromatic nitrogens is 2. The normalized spacial score (nSPS) is 14.1. The van der Waals surface area contributed by atoms with E-state index in [9.17, 15) is 9.90 Å². The molecular weight excluding hydrogens is 334 g/mol. The summed E-state index contributed by atoms with van der Waals surface area (Å²) in [6.45, 7) is 9.10. The Kier molecular flexibility index (Phi) is 6.37. The van der Waals surface area contributed by atoms with Crippen molar-refractivity contribution in [3.63, 3.8) is 0 Å². The van der Waals surface area contributed by atoms with Gasteiger partial charge in [-0.15, -0.1) is 10.2 Å². The highest BCUT2D eigenvalue weighted by atomic mass is 16.6. The van der Waals surface area contributed by atoms with Crippen LogP contribution in [-0.2, 0) is 11.2 Å². The van der Waals surface area contributed by atoms with Crippen LogP contribution in [0.15, 0.2) is 34.7 Å². The van der Waals surface area contributed by atoms with Gasteiger partial charge in [0, 0.05) is 0 Å². The second kappa shape index (κ2) is 8.31. The minimum Gasteiger partial charge on any atom is -0.444 e. The zero-order valence-electron chi connectivity index (χ0n) is 15.9. The predicted octanol–water partition coefficient (Wildman–Crippen LogP) is 3.24. The number of rotatable bonds is 6. The molecule has 7 nitrogen and oxygen atoms in total. The van der Waals surface area contributed by atoms with Crippen LogP contribution in [0, 0.1) is 5.92 Å². The molecule has 1 amide bonds. The summed E-state index contributed by atoms with van der Waals surface area (Å²) in [6.07, 6.45) is -1.24. The van der Waals surface area contributed by atoms with Crippen LogP contribution in [-0.4, -0.2) is 33.0 Å². The Morgan fingerprint density at radius 3 is 2.46 bits per heavy atom. The number of benzene rings is 1. The summed E-state index contributed by atoms with van der Waals surface area (Å²) < 4.78 is 10.9. The van der Waals surface area contributed by atoms with E-state index in [1.807, 2.05) is 44.2 Å². The molecule has 0 fully saturated rings. The summed E-state index contributed by atoms with van der Waals surface area (Å²) in [7, 11) is 0. The lowest BCUT2D eigenvalue weighted by Crippen LogP contribution is -2.45. The number of hydrogen-bond donors (Lipinski definition) is 2. The number of amides is 1. The molecule has 26 heavy (non-hydrogen) atoms. The van der Waals surface area contributed by atoms with Crippen molar-refractivity contribution in [2.45, 2.75) is 58.8 Å². The van der Waals surface area contributed by atoms with E-state index in [0.29, 0.717) is 12.3 Å². The predicted molar refractivity (Wildman–Crippen MR) is 96.5 cm³/mol. The number of aliphatic hydroxyl groups excluding tert-OH is 1. The Morgan fingerprint density at radius 2 is 1.88 bits per heavy atom. The Morgan fingerprint density at radius 1 is 1.23 bits per heavy atom. The lowest BCUT2D eigenvalue weighted by atomic mass is 9.98. The minimum absolute atomic E-state index is 0.0676. The Bertz CT molecular complexity index is 707. The van der Waals surface area contributed by atoms with Crippen molar-refractivity contribution in [3.8, 4) is 0 Å². The molecule has 7 heteroatoms. The van der Waals surface area contributed by atoms with E-state index >= 15 is 0 Å². The molecule has 0 bridgehead atoms. The quantitative estimate of drug-likeness (QED) is 0.820. The van der Waals surface area contributed by atoms with Gasteiger partial charge in [0.05, 0.1) is 12.5 Å².